The van der Waals surface area contributed by atoms with Gasteiger partial charge in [0.05, 0.1) is 0 Å². The summed E-state index contributed by atoms with van der Waals surface area (Å²) >= 11 is 0. The van der Waals surface area contributed by atoms with Gasteiger partial charge in [-0.15, -0.1) is 0 Å². The Morgan fingerprint density at radius 3 is 2.13 bits per heavy atom. The average Bonchev–Trinajstić information content (AvgIpc) is 2.16. The van der Waals surface area contributed by atoms with Crippen molar-refractivity contribution in [1.29, 1.82) is 0 Å². The maximum atomic E-state index is 12.6. The van der Waals surface area contributed by atoms with Crippen molar-refractivity contribution in [3.05, 3.63) is 12.2 Å². The second-order valence-electron chi connectivity index (χ2n) is 3.08. The maximum absolute atomic E-state index is 12.6. The third kappa shape index (κ3) is 2.27. The van der Waals surface area contributed by atoms with Gasteiger partial charge in [0, 0.05) is 13.1 Å². The minimum absolute atomic E-state index is 0.110. The quantitative estimate of drug-likeness (QED) is 0.497. The number of amides is 1. The molecule has 0 bridgehead atoms. The lowest BCUT2D eigenvalue weighted by molar-refractivity contribution is -0.274. The largest absolute Gasteiger partial charge is 0.463 e. The van der Waals surface area contributed by atoms with Crippen LogP contribution in [0.2, 0.25) is 0 Å². The molecule has 1 amide bonds. The van der Waals surface area contributed by atoms with E-state index in [2.05, 4.69) is 0 Å². The first kappa shape index (κ1) is 11.9. The van der Waals surface area contributed by atoms with Crippen LogP contribution in [0.15, 0.2) is 12.2 Å². The summed E-state index contributed by atoms with van der Waals surface area (Å²) in [5.74, 6) is -7.47. The number of rotatable bonds is 1. The van der Waals surface area contributed by atoms with Crippen LogP contribution < -0.4 is 0 Å². The van der Waals surface area contributed by atoms with Crippen LogP contribution in [0.4, 0.5) is 22.0 Å². The van der Waals surface area contributed by atoms with Crippen LogP contribution >= 0.6 is 0 Å². The molecule has 0 unspecified atom stereocenters. The molecule has 1 aliphatic rings. The lowest BCUT2D eigenvalue weighted by atomic mass is 10.2. The van der Waals surface area contributed by atoms with Gasteiger partial charge in [-0.1, -0.05) is 12.2 Å². The van der Waals surface area contributed by atoms with E-state index in [-0.39, 0.29) is 13.1 Å². The van der Waals surface area contributed by atoms with Crippen molar-refractivity contribution in [2.75, 3.05) is 13.1 Å². The van der Waals surface area contributed by atoms with E-state index < -0.39 is 18.0 Å². The molecule has 0 radical (unpaired) electrons. The zero-order valence-corrected chi connectivity index (χ0v) is 7.52. The van der Waals surface area contributed by atoms with Crippen LogP contribution in [-0.2, 0) is 4.79 Å². The van der Waals surface area contributed by atoms with Gasteiger partial charge in [0.1, 0.15) is 0 Å². The highest BCUT2D eigenvalue weighted by Crippen LogP contribution is 2.37. The molecule has 1 aliphatic heterocycles. The Labute approximate surface area is 82.3 Å². The first-order valence-corrected chi connectivity index (χ1v) is 4.15. The highest BCUT2D eigenvalue weighted by molar-refractivity contribution is 5.84. The Morgan fingerprint density at radius 1 is 1.13 bits per heavy atom. The van der Waals surface area contributed by atoms with Crippen molar-refractivity contribution in [1.82, 2.24) is 4.90 Å². The van der Waals surface area contributed by atoms with Crippen LogP contribution in [0.25, 0.3) is 0 Å². The zero-order chi connectivity index (χ0) is 11.7. The fourth-order valence-corrected chi connectivity index (χ4v) is 1.15. The van der Waals surface area contributed by atoms with Gasteiger partial charge in [0.15, 0.2) is 0 Å². The molecule has 0 aromatic rings. The summed E-state index contributed by atoms with van der Waals surface area (Å²) in [5.41, 5.74) is 0. The van der Waals surface area contributed by atoms with Gasteiger partial charge < -0.3 is 4.90 Å². The highest BCUT2D eigenvalue weighted by Gasteiger charge is 2.64. The highest BCUT2D eigenvalue weighted by atomic mass is 19.4. The van der Waals surface area contributed by atoms with E-state index in [0.717, 1.165) is 0 Å². The standard InChI is InChI=1S/C8H8F5NO/c9-7(10,8(11,12)13)6(15)14-4-2-1-3-5-14/h1-2H,3-5H2. The molecule has 1 heterocycles. The lowest BCUT2D eigenvalue weighted by Gasteiger charge is -2.28. The molecular formula is C8H8F5NO. The molecule has 0 spiro atoms. The predicted molar refractivity (Wildman–Crippen MR) is 41.3 cm³/mol. The summed E-state index contributed by atoms with van der Waals surface area (Å²) in [5, 5.41) is 0. The Kier molecular flexibility index (Phi) is 3.01. The van der Waals surface area contributed by atoms with Crippen molar-refractivity contribution in [2.24, 2.45) is 0 Å². The monoisotopic (exact) mass is 229 g/mol. The summed E-state index contributed by atoms with van der Waals surface area (Å²) < 4.78 is 60.6. The number of halogens is 5. The van der Waals surface area contributed by atoms with Gasteiger partial charge in [-0.2, -0.15) is 22.0 Å². The second-order valence-corrected chi connectivity index (χ2v) is 3.08. The molecule has 0 atom stereocenters. The van der Waals surface area contributed by atoms with E-state index in [9.17, 15) is 26.7 Å². The molecule has 0 aliphatic carbocycles. The SMILES string of the molecule is O=C(N1CC=CCC1)C(F)(F)C(F)(F)F. The van der Waals surface area contributed by atoms with E-state index in [0.29, 0.717) is 11.3 Å². The van der Waals surface area contributed by atoms with E-state index in [4.69, 9.17) is 0 Å². The molecule has 0 aromatic heterocycles. The normalized spacial score (nSPS) is 18.1. The van der Waals surface area contributed by atoms with Crippen LogP contribution in [0.1, 0.15) is 6.42 Å². The van der Waals surface area contributed by atoms with Crippen molar-refractivity contribution in [2.45, 2.75) is 18.5 Å². The fraction of sp³-hybridized carbons (Fsp3) is 0.625. The lowest BCUT2D eigenvalue weighted by Crippen LogP contribution is -2.52. The molecule has 0 fully saturated rings. The van der Waals surface area contributed by atoms with Crippen LogP contribution in [0, 0.1) is 0 Å². The van der Waals surface area contributed by atoms with Crippen molar-refractivity contribution in [3.8, 4) is 0 Å². The molecule has 0 saturated heterocycles. The average molecular weight is 229 g/mol. The summed E-state index contributed by atoms with van der Waals surface area (Å²) in [6.45, 7) is -0.314. The third-order valence-corrected chi connectivity index (χ3v) is 1.97. The van der Waals surface area contributed by atoms with Crippen LogP contribution in [-0.4, -0.2) is 36.0 Å². The van der Waals surface area contributed by atoms with Crippen molar-refractivity contribution >= 4 is 5.91 Å². The van der Waals surface area contributed by atoms with Gasteiger partial charge in [0.2, 0.25) is 0 Å². The van der Waals surface area contributed by atoms with Crippen LogP contribution in [0.5, 0.6) is 0 Å². The third-order valence-electron chi connectivity index (χ3n) is 1.97. The molecule has 0 aromatic carbocycles. The Bertz CT molecular complexity index is 283. The Morgan fingerprint density at radius 2 is 1.73 bits per heavy atom. The maximum Gasteiger partial charge on any atom is 0.463 e. The summed E-state index contributed by atoms with van der Waals surface area (Å²) in [4.78, 5) is 11.4. The summed E-state index contributed by atoms with van der Waals surface area (Å²) in [6, 6.07) is 0. The van der Waals surface area contributed by atoms with Gasteiger partial charge in [0.25, 0.3) is 0 Å². The number of hydrogen-bond donors (Lipinski definition) is 0. The minimum Gasteiger partial charge on any atom is -0.333 e. The zero-order valence-electron chi connectivity index (χ0n) is 7.52. The van der Waals surface area contributed by atoms with E-state index in [1.807, 2.05) is 0 Å². The number of carbonyl (C=O) groups excluding carboxylic acids is 1. The number of carbonyl (C=O) groups is 1. The van der Waals surface area contributed by atoms with Crippen molar-refractivity contribution < 1.29 is 26.7 Å². The topological polar surface area (TPSA) is 20.3 Å². The van der Waals surface area contributed by atoms with E-state index >= 15 is 0 Å². The number of alkyl halides is 5. The van der Waals surface area contributed by atoms with Gasteiger partial charge in [-0.3, -0.25) is 4.79 Å². The molecule has 0 saturated carbocycles. The molecule has 7 heteroatoms. The van der Waals surface area contributed by atoms with Gasteiger partial charge in [-0.05, 0) is 6.42 Å². The predicted octanol–water partition coefficient (Wildman–Crippen LogP) is 1.97. The first-order valence-electron chi connectivity index (χ1n) is 4.15. The summed E-state index contributed by atoms with van der Waals surface area (Å²) in [7, 11) is 0. The van der Waals surface area contributed by atoms with E-state index in [1.165, 1.54) is 6.08 Å². The first-order chi connectivity index (χ1) is 6.77. The second kappa shape index (κ2) is 3.79. The van der Waals surface area contributed by atoms with E-state index in [1.54, 1.807) is 6.08 Å². The Balaban J connectivity index is 2.79. The van der Waals surface area contributed by atoms with Gasteiger partial charge in [-0.25, -0.2) is 0 Å². The number of nitrogens with zero attached hydrogens (tertiary/aromatic N) is 1. The minimum atomic E-state index is -5.83. The summed E-state index contributed by atoms with van der Waals surface area (Å²) in [6.07, 6.45) is -2.53. The van der Waals surface area contributed by atoms with Crippen molar-refractivity contribution in [3.63, 3.8) is 0 Å². The Hall–Kier alpha value is -1.14. The smallest absolute Gasteiger partial charge is 0.333 e. The van der Waals surface area contributed by atoms with Crippen LogP contribution in [0.3, 0.4) is 0 Å². The fourth-order valence-electron chi connectivity index (χ4n) is 1.15. The molecule has 2 nitrogen and oxygen atoms in total. The van der Waals surface area contributed by atoms with Gasteiger partial charge >= 0.3 is 18.0 Å². The molecular weight excluding hydrogens is 221 g/mol. The molecule has 15 heavy (non-hydrogen) atoms. The number of hydrogen-bond acceptors (Lipinski definition) is 1. The molecule has 86 valence electrons. The molecule has 1 rings (SSSR count). The molecule has 0 N–H and O–H groups in total.